The Labute approximate surface area is 106 Å². The number of para-hydroxylation sites is 1. The number of nitrogens with one attached hydrogen (secondary N) is 1. The molecule has 18 heavy (non-hydrogen) atoms. The number of hydrogen-bond acceptors (Lipinski definition) is 3. The van der Waals surface area contributed by atoms with E-state index in [1.807, 2.05) is 12.1 Å². The van der Waals surface area contributed by atoms with Crippen LogP contribution in [0, 0.1) is 0 Å². The Morgan fingerprint density at radius 3 is 2.50 bits per heavy atom. The second kappa shape index (κ2) is 3.83. The summed E-state index contributed by atoms with van der Waals surface area (Å²) in [7, 11) is 0. The molecule has 0 radical (unpaired) electrons. The first-order valence-electron chi connectivity index (χ1n) is 5.89. The van der Waals surface area contributed by atoms with Gasteiger partial charge in [-0.1, -0.05) is 18.2 Å². The maximum atomic E-state index is 12.3. The molecule has 2 rings (SSSR count). The van der Waals surface area contributed by atoms with Gasteiger partial charge in [0, 0.05) is 11.3 Å². The molecule has 1 heterocycles. The second-order valence-electron chi connectivity index (χ2n) is 5.63. The predicted octanol–water partition coefficient (Wildman–Crippen LogP) is 2.24. The molecule has 96 valence electrons. The van der Waals surface area contributed by atoms with Crippen LogP contribution in [0.25, 0.3) is 0 Å². The van der Waals surface area contributed by atoms with Crippen LogP contribution in [-0.4, -0.2) is 17.5 Å². The van der Waals surface area contributed by atoms with Crippen molar-refractivity contribution >= 4 is 17.6 Å². The highest BCUT2D eigenvalue weighted by Crippen LogP contribution is 2.39. The summed E-state index contributed by atoms with van der Waals surface area (Å²) in [6, 6.07) is 7.18. The van der Waals surface area contributed by atoms with Gasteiger partial charge in [0.25, 0.3) is 0 Å². The summed E-state index contributed by atoms with van der Waals surface area (Å²) in [4.78, 5) is 24.3. The van der Waals surface area contributed by atoms with E-state index in [1.54, 1.807) is 39.8 Å². The summed E-state index contributed by atoms with van der Waals surface area (Å²) >= 11 is 0. The van der Waals surface area contributed by atoms with Crippen molar-refractivity contribution in [3.05, 3.63) is 29.8 Å². The van der Waals surface area contributed by atoms with Gasteiger partial charge in [-0.3, -0.25) is 9.59 Å². The Bertz CT molecular complexity index is 516. The zero-order valence-electron chi connectivity index (χ0n) is 11.0. The fourth-order valence-electron chi connectivity index (χ4n) is 1.98. The second-order valence-corrected chi connectivity index (χ2v) is 5.63. The lowest BCUT2D eigenvalue weighted by Gasteiger charge is -2.26. The van der Waals surface area contributed by atoms with Crippen molar-refractivity contribution < 1.29 is 14.3 Å². The van der Waals surface area contributed by atoms with Gasteiger partial charge in [0.1, 0.15) is 5.60 Å². The molecule has 0 bridgehead atoms. The first kappa shape index (κ1) is 12.6. The van der Waals surface area contributed by atoms with Gasteiger partial charge < -0.3 is 10.1 Å². The number of anilines is 1. The van der Waals surface area contributed by atoms with Crippen LogP contribution in [0.5, 0.6) is 0 Å². The molecular formula is C14H17NO3. The summed E-state index contributed by atoms with van der Waals surface area (Å²) < 4.78 is 5.35. The Balaban J connectivity index is 2.42. The fourth-order valence-corrected chi connectivity index (χ4v) is 1.98. The van der Waals surface area contributed by atoms with Crippen LogP contribution in [-0.2, 0) is 19.7 Å². The lowest BCUT2D eigenvalue weighted by atomic mass is 9.83. The standard InChI is InChI=1S/C14H17NO3/c1-13(2,3)18-12(17)14(4)9-7-5-6-8-10(9)15-11(14)16/h5-8H,1-4H3,(H,15,16). The molecule has 1 N–H and O–H groups in total. The van der Waals surface area contributed by atoms with Crippen molar-refractivity contribution in [1.29, 1.82) is 0 Å². The molecule has 1 aliphatic rings. The van der Waals surface area contributed by atoms with Crippen LogP contribution in [0.2, 0.25) is 0 Å². The average Bonchev–Trinajstić information content (AvgIpc) is 2.51. The predicted molar refractivity (Wildman–Crippen MR) is 68.3 cm³/mol. The smallest absolute Gasteiger partial charge is 0.326 e. The molecule has 1 aliphatic heterocycles. The number of rotatable bonds is 1. The number of esters is 1. The molecule has 1 aromatic rings. The lowest BCUT2D eigenvalue weighted by Crippen LogP contribution is -2.43. The normalized spacial score (nSPS) is 22.3. The molecule has 0 saturated carbocycles. The topological polar surface area (TPSA) is 55.4 Å². The zero-order valence-corrected chi connectivity index (χ0v) is 11.0. The van der Waals surface area contributed by atoms with Crippen molar-refractivity contribution in [3.8, 4) is 0 Å². The molecule has 0 spiro atoms. The van der Waals surface area contributed by atoms with Crippen molar-refractivity contribution in [3.63, 3.8) is 0 Å². The van der Waals surface area contributed by atoms with Crippen LogP contribution in [0.3, 0.4) is 0 Å². The van der Waals surface area contributed by atoms with E-state index >= 15 is 0 Å². The number of amides is 1. The number of ether oxygens (including phenoxy) is 1. The summed E-state index contributed by atoms with van der Waals surface area (Å²) in [6.07, 6.45) is 0. The van der Waals surface area contributed by atoms with Crippen LogP contribution in [0.15, 0.2) is 24.3 Å². The number of benzene rings is 1. The van der Waals surface area contributed by atoms with Crippen molar-refractivity contribution in [2.75, 3.05) is 5.32 Å². The van der Waals surface area contributed by atoms with E-state index in [0.29, 0.717) is 11.3 Å². The summed E-state index contributed by atoms with van der Waals surface area (Å²) in [5, 5.41) is 2.71. The summed E-state index contributed by atoms with van der Waals surface area (Å²) in [5.41, 5.74) is -0.526. The fraction of sp³-hybridized carbons (Fsp3) is 0.429. The minimum absolute atomic E-state index is 0.335. The third-order valence-corrected chi connectivity index (χ3v) is 2.98. The molecule has 0 aromatic heterocycles. The van der Waals surface area contributed by atoms with Gasteiger partial charge in [0.05, 0.1) is 0 Å². The third kappa shape index (κ3) is 1.88. The first-order valence-corrected chi connectivity index (χ1v) is 5.89. The number of carbonyl (C=O) groups excluding carboxylic acids is 2. The minimum Gasteiger partial charge on any atom is -0.459 e. The zero-order chi connectivity index (χ0) is 13.6. The molecule has 1 amide bonds. The molecule has 0 aliphatic carbocycles. The van der Waals surface area contributed by atoms with Crippen molar-refractivity contribution in [2.45, 2.75) is 38.7 Å². The maximum Gasteiger partial charge on any atom is 0.326 e. The molecule has 4 nitrogen and oxygen atoms in total. The van der Waals surface area contributed by atoms with Crippen LogP contribution < -0.4 is 5.32 Å². The largest absolute Gasteiger partial charge is 0.459 e. The Hall–Kier alpha value is -1.84. The Morgan fingerprint density at radius 1 is 1.28 bits per heavy atom. The molecular weight excluding hydrogens is 230 g/mol. The highest BCUT2D eigenvalue weighted by atomic mass is 16.6. The van der Waals surface area contributed by atoms with Crippen molar-refractivity contribution in [2.24, 2.45) is 0 Å². The van der Waals surface area contributed by atoms with Crippen molar-refractivity contribution in [1.82, 2.24) is 0 Å². The molecule has 1 unspecified atom stereocenters. The van der Waals surface area contributed by atoms with Gasteiger partial charge in [-0.25, -0.2) is 0 Å². The van der Waals surface area contributed by atoms with Crippen LogP contribution in [0.1, 0.15) is 33.3 Å². The van der Waals surface area contributed by atoms with E-state index in [-0.39, 0.29) is 5.91 Å². The Morgan fingerprint density at radius 2 is 1.89 bits per heavy atom. The monoisotopic (exact) mass is 247 g/mol. The third-order valence-electron chi connectivity index (χ3n) is 2.98. The number of fused-ring (bicyclic) bond motifs is 1. The van der Waals surface area contributed by atoms with E-state index in [1.165, 1.54) is 0 Å². The quantitative estimate of drug-likeness (QED) is 0.611. The van der Waals surface area contributed by atoms with Gasteiger partial charge in [-0.2, -0.15) is 0 Å². The molecule has 0 fully saturated rings. The summed E-state index contributed by atoms with van der Waals surface area (Å²) in [5.74, 6) is -0.851. The average molecular weight is 247 g/mol. The van der Waals surface area contributed by atoms with E-state index < -0.39 is 17.0 Å². The van der Waals surface area contributed by atoms with Gasteiger partial charge in [-0.05, 0) is 33.8 Å². The van der Waals surface area contributed by atoms with E-state index in [0.717, 1.165) is 0 Å². The number of hydrogen-bond donors (Lipinski definition) is 1. The Kier molecular flexibility index (Phi) is 2.69. The van der Waals surface area contributed by atoms with Gasteiger partial charge in [0.2, 0.25) is 5.91 Å². The minimum atomic E-state index is -1.26. The molecule has 0 saturated heterocycles. The lowest BCUT2D eigenvalue weighted by molar-refractivity contribution is -0.163. The summed E-state index contributed by atoms with van der Waals surface area (Å²) in [6.45, 7) is 6.95. The van der Waals surface area contributed by atoms with Crippen LogP contribution in [0.4, 0.5) is 5.69 Å². The SMILES string of the molecule is CC(C)(C)OC(=O)C1(C)C(=O)Nc2ccccc21. The van der Waals surface area contributed by atoms with Gasteiger partial charge in [0.15, 0.2) is 5.41 Å². The highest BCUT2D eigenvalue weighted by Gasteiger charge is 2.51. The maximum absolute atomic E-state index is 12.3. The molecule has 1 atom stereocenters. The number of carbonyl (C=O) groups is 2. The van der Waals surface area contributed by atoms with E-state index in [9.17, 15) is 9.59 Å². The van der Waals surface area contributed by atoms with E-state index in [2.05, 4.69) is 5.32 Å². The van der Waals surface area contributed by atoms with Crippen LogP contribution >= 0.6 is 0 Å². The first-order chi connectivity index (χ1) is 8.25. The molecule has 1 aromatic carbocycles. The van der Waals surface area contributed by atoms with Gasteiger partial charge in [-0.15, -0.1) is 0 Å². The van der Waals surface area contributed by atoms with E-state index in [4.69, 9.17) is 4.74 Å². The highest BCUT2D eigenvalue weighted by molar-refractivity contribution is 6.18. The van der Waals surface area contributed by atoms with Gasteiger partial charge >= 0.3 is 5.97 Å². The molecule has 4 heteroatoms.